The Morgan fingerprint density at radius 2 is 1.80 bits per heavy atom. The second kappa shape index (κ2) is 9.61. The molecule has 0 aromatic carbocycles. The molecule has 0 fully saturated rings. The number of carboxylic acid groups (broad SMARTS) is 1. The Labute approximate surface area is 122 Å². The number of carbonyl (C=O) groups excluding carboxylic acids is 1. The fourth-order valence-corrected chi connectivity index (χ4v) is 2.02. The van der Waals surface area contributed by atoms with Crippen molar-refractivity contribution in [3.05, 3.63) is 0 Å². The number of carbonyl (C=O) groups is 2. The molecule has 0 rings (SSSR count). The molecule has 0 saturated heterocycles. The summed E-state index contributed by atoms with van der Waals surface area (Å²) in [7, 11) is 0. The molecule has 5 nitrogen and oxygen atoms in total. The van der Waals surface area contributed by atoms with Gasteiger partial charge in [0.1, 0.15) is 6.04 Å². The summed E-state index contributed by atoms with van der Waals surface area (Å²) in [6.07, 6.45) is 5.76. The molecule has 0 bridgehead atoms. The molecule has 0 unspecified atom stereocenters. The van der Waals surface area contributed by atoms with Crippen LogP contribution in [0.15, 0.2) is 0 Å². The molecule has 0 spiro atoms. The molecule has 0 aromatic heterocycles. The molecule has 0 saturated carbocycles. The minimum Gasteiger partial charge on any atom is -0.480 e. The third kappa shape index (κ3) is 8.77. The zero-order chi connectivity index (χ0) is 15.6. The molecule has 3 N–H and O–H groups in total. The van der Waals surface area contributed by atoms with Crippen molar-refractivity contribution in [2.45, 2.75) is 72.3 Å². The van der Waals surface area contributed by atoms with Crippen LogP contribution < -0.4 is 10.6 Å². The van der Waals surface area contributed by atoms with Gasteiger partial charge in [0, 0.05) is 6.54 Å². The minimum absolute atomic E-state index is 0.0377. The molecule has 0 aromatic rings. The highest BCUT2D eigenvalue weighted by molar-refractivity contribution is 5.82. The van der Waals surface area contributed by atoms with Crippen LogP contribution in [0.4, 0.5) is 4.79 Å². The molecular formula is C15H30N2O3. The lowest BCUT2D eigenvalue weighted by Crippen LogP contribution is -2.48. The lowest BCUT2D eigenvalue weighted by molar-refractivity contribution is -0.139. The number of aliphatic carboxylic acids is 1. The Kier molecular flexibility index (Phi) is 9.01. The second-order valence-electron chi connectivity index (χ2n) is 6.13. The van der Waals surface area contributed by atoms with Crippen molar-refractivity contribution in [1.29, 1.82) is 0 Å². The van der Waals surface area contributed by atoms with E-state index in [-0.39, 0.29) is 5.41 Å². The van der Waals surface area contributed by atoms with Crippen molar-refractivity contribution in [1.82, 2.24) is 10.6 Å². The summed E-state index contributed by atoms with van der Waals surface area (Å²) in [5.41, 5.74) is 0.0377. The molecule has 2 amide bonds. The summed E-state index contributed by atoms with van der Waals surface area (Å²) in [5, 5.41) is 14.3. The van der Waals surface area contributed by atoms with Crippen molar-refractivity contribution >= 4 is 12.0 Å². The van der Waals surface area contributed by atoms with Crippen LogP contribution in [-0.2, 0) is 4.79 Å². The van der Waals surface area contributed by atoms with Crippen LogP contribution in [0.25, 0.3) is 0 Å². The van der Waals surface area contributed by atoms with Gasteiger partial charge in [-0.2, -0.15) is 0 Å². The number of unbranched alkanes of at least 4 members (excludes halogenated alkanes) is 2. The first kappa shape index (κ1) is 18.7. The summed E-state index contributed by atoms with van der Waals surface area (Å²) < 4.78 is 0. The van der Waals surface area contributed by atoms with E-state index in [1.807, 2.05) is 6.92 Å². The zero-order valence-corrected chi connectivity index (χ0v) is 13.3. The molecule has 0 heterocycles. The quantitative estimate of drug-likeness (QED) is 0.540. The fraction of sp³-hybridized carbons (Fsp3) is 0.867. The first-order valence-corrected chi connectivity index (χ1v) is 7.59. The van der Waals surface area contributed by atoms with E-state index in [2.05, 4.69) is 31.4 Å². The first-order valence-electron chi connectivity index (χ1n) is 7.59. The molecule has 0 aliphatic carbocycles. The third-order valence-electron chi connectivity index (χ3n) is 3.37. The standard InChI is InChI=1S/C15H30N2O3/c1-5-7-8-10-15(3,4)11-16-14(20)17-12(9-6-2)13(18)19/h12H,5-11H2,1-4H3,(H,18,19)(H2,16,17,20)/t12-/m1/s1. The highest BCUT2D eigenvalue weighted by atomic mass is 16.4. The zero-order valence-electron chi connectivity index (χ0n) is 13.3. The van der Waals surface area contributed by atoms with E-state index in [0.29, 0.717) is 13.0 Å². The number of carboxylic acids is 1. The van der Waals surface area contributed by atoms with Crippen LogP contribution in [0, 0.1) is 5.41 Å². The Morgan fingerprint density at radius 1 is 1.15 bits per heavy atom. The maximum absolute atomic E-state index is 11.7. The second-order valence-corrected chi connectivity index (χ2v) is 6.13. The summed E-state index contributed by atoms with van der Waals surface area (Å²) >= 11 is 0. The molecule has 5 heteroatoms. The van der Waals surface area contributed by atoms with Gasteiger partial charge in [0.15, 0.2) is 0 Å². The number of rotatable bonds is 10. The lowest BCUT2D eigenvalue weighted by Gasteiger charge is -2.25. The largest absolute Gasteiger partial charge is 0.480 e. The van der Waals surface area contributed by atoms with Crippen molar-refractivity contribution in [2.75, 3.05) is 6.54 Å². The maximum Gasteiger partial charge on any atom is 0.326 e. The highest BCUT2D eigenvalue weighted by Crippen LogP contribution is 2.22. The third-order valence-corrected chi connectivity index (χ3v) is 3.37. The van der Waals surface area contributed by atoms with Crippen LogP contribution in [0.5, 0.6) is 0 Å². The summed E-state index contributed by atoms with van der Waals surface area (Å²) in [5.74, 6) is -0.982. The van der Waals surface area contributed by atoms with Gasteiger partial charge in [0.2, 0.25) is 0 Å². The van der Waals surface area contributed by atoms with Gasteiger partial charge < -0.3 is 15.7 Å². The van der Waals surface area contributed by atoms with Crippen molar-refractivity contribution in [3.8, 4) is 0 Å². The van der Waals surface area contributed by atoms with Crippen molar-refractivity contribution in [2.24, 2.45) is 5.41 Å². The molecule has 0 radical (unpaired) electrons. The molecule has 1 atom stereocenters. The lowest BCUT2D eigenvalue weighted by atomic mass is 9.87. The molecule has 0 aliphatic heterocycles. The van der Waals surface area contributed by atoms with Gasteiger partial charge in [-0.1, -0.05) is 53.4 Å². The monoisotopic (exact) mass is 286 g/mol. The van der Waals surface area contributed by atoms with Crippen LogP contribution in [0.1, 0.15) is 66.2 Å². The molecule has 20 heavy (non-hydrogen) atoms. The van der Waals surface area contributed by atoms with Crippen molar-refractivity contribution in [3.63, 3.8) is 0 Å². The van der Waals surface area contributed by atoms with E-state index in [4.69, 9.17) is 5.11 Å². The normalized spacial score (nSPS) is 12.8. The van der Waals surface area contributed by atoms with Crippen LogP contribution in [0.2, 0.25) is 0 Å². The van der Waals surface area contributed by atoms with Gasteiger partial charge in [0.05, 0.1) is 0 Å². The number of nitrogens with one attached hydrogen (secondary N) is 2. The topological polar surface area (TPSA) is 78.4 Å². The van der Waals surface area contributed by atoms with E-state index < -0.39 is 18.0 Å². The Hall–Kier alpha value is -1.26. The fourth-order valence-electron chi connectivity index (χ4n) is 2.02. The van der Waals surface area contributed by atoms with Crippen LogP contribution in [0.3, 0.4) is 0 Å². The predicted molar refractivity (Wildman–Crippen MR) is 80.8 cm³/mol. The summed E-state index contributed by atoms with van der Waals surface area (Å²) in [4.78, 5) is 22.7. The number of hydrogen-bond acceptors (Lipinski definition) is 2. The number of hydrogen-bond donors (Lipinski definition) is 3. The van der Waals surface area contributed by atoms with Crippen molar-refractivity contribution < 1.29 is 14.7 Å². The Bertz CT molecular complexity index is 303. The van der Waals surface area contributed by atoms with Crippen LogP contribution >= 0.6 is 0 Å². The van der Waals surface area contributed by atoms with Crippen LogP contribution in [-0.4, -0.2) is 29.7 Å². The van der Waals surface area contributed by atoms with E-state index in [0.717, 1.165) is 19.3 Å². The SMILES string of the molecule is CCCCCC(C)(C)CNC(=O)N[C@H](CCC)C(=O)O. The van der Waals surface area contributed by atoms with E-state index in [1.165, 1.54) is 12.8 Å². The Morgan fingerprint density at radius 3 is 2.30 bits per heavy atom. The Balaban J connectivity index is 4.10. The molecule has 118 valence electrons. The smallest absolute Gasteiger partial charge is 0.326 e. The number of urea groups is 1. The average molecular weight is 286 g/mol. The van der Waals surface area contributed by atoms with E-state index in [9.17, 15) is 9.59 Å². The van der Waals surface area contributed by atoms with Gasteiger partial charge in [-0.3, -0.25) is 0 Å². The maximum atomic E-state index is 11.7. The predicted octanol–water partition coefficient (Wildman–Crippen LogP) is 3.15. The van der Waals surface area contributed by atoms with E-state index in [1.54, 1.807) is 0 Å². The number of amides is 2. The van der Waals surface area contributed by atoms with Gasteiger partial charge in [-0.25, -0.2) is 9.59 Å². The first-order chi connectivity index (χ1) is 9.32. The average Bonchev–Trinajstić information content (AvgIpc) is 2.36. The van der Waals surface area contributed by atoms with Gasteiger partial charge >= 0.3 is 12.0 Å². The van der Waals surface area contributed by atoms with Gasteiger partial charge in [-0.05, 0) is 18.3 Å². The molecular weight excluding hydrogens is 256 g/mol. The molecule has 0 aliphatic rings. The summed E-state index contributed by atoms with van der Waals surface area (Å²) in [6, 6.07) is -1.20. The minimum atomic E-state index is -0.982. The highest BCUT2D eigenvalue weighted by Gasteiger charge is 2.21. The van der Waals surface area contributed by atoms with E-state index >= 15 is 0 Å². The summed E-state index contributed by atoms with van der Waals surface area (Å²) in [6.45, 7) is 8.85. The van der Waals surface area contributed by atoms with Gasteiger partial charge in [-0.15, -0.1) is 0 Å². The van der Waals surface area contributed by atoms with Gasteiger partial charge in [0.25, 0.3) is 0 Å².